The highest BCUT2D eigenvalue weighted by Gasteiger charge is 2.52. The SMILES string of the molecule is CC1(Cl)C(c2ccccc2)=CC=CC1(NC(=O)c1ccc(CNCCO)cn1)NC(=O)c1ccc(CN2CCOC2=O)cn1. The van der Waals surface area contributed by atoms with Crippen molar-refractivity contribution in [2.75, 3.05) is 26.3 Å². The van der Waals surface area contributed by atoms with Crippen molar-refractivity contribution in [1.29, 1.82) is 0 Å². The first-order valence-corrected chi connectivity index (χ1v) is 14.5. The highest BCUT2D eigenvalue weighted by molar-refractivity contribution is 6.32. The Balaban J connectivity index is 1.41. The molecule has 2 aromatic heterocycles. The molecule has 228 valence electrons. The third kappa shape index (κ3) is 6.65. The van der Waals surface area contributed by atoms with Crippen LogP contribution in [0, 0.1) is 0 Å². The summed E-state index contributed by atoms with van der Waals surface area (Å²) in [5, 5.41) is 17.9. The van der Waals surface area contributed by atoms with Crippen molar-refractivity contribution in [2.45, 2.75) is 30.6 Å². The zero-order chi connectivity index (χ0) is 31.2. The summed E-state index contributed by atoms with van der Waals surface area (Å²) in [6.07, 6.45) is 7.94. The summed E-state index contributed by atoms with van der Waals surface area (Å²) in [5.74, 6) is -1.12. The molecule has 3 amide bonds. The highest BCUT2D eigenvalue weighted by atomic mass is 35.5. The number of nitrogens with zero attached hydrogens (tertiary/aromatic N) is 3. The molecule has 5 rings (SSSR count). The number of rotatable bonds is 11. The van der Waals surface area contributed by atoms with Crippen molar-refractivity contribution in [3.8, 4) is 0 Å². The maximum atomic E-state index is 13.7. The molecule has 12 heteroatoms. The fourth-order valence-corrected chi connectivity index (χ4v) is 5.38. The van der Waals surface area contributed by atoms with Crippen LogP contribution in [0.1, 0.15) is 44.6 Å². The normalized spacial score (nSPS) is 21.0. The fraction of sp³-hybridized carbons (Fsp3) is 0.281. The molecule has 0 saturated carbocycles. The largest absolute Gasteiger partial charge is 0.448 e. The van der Waals surface area contributed by atoms with Gasteiger partial charge in [-0.1, -0.05) is 54.6 Å². The summed E-state index contributed by atoms with van der Waals surface area (Å²) < 4.78 is 4.97. The monoisotopic (exact) mass is 616 g/mol. The molecular formula is C32H33ClN6O5. The van der Waals surface area contributed by atoms with Crippen molar-refractivity contribution >= 4 is 35.1 Å². The molecule has 2 atom stereocenters. The Hall–Kier alpha value is -4.58. The number of allylic oxidation sites excluding steroid dienone is 2. The van der Waals surface area contributed by atoms with E-state index in [9.17, 15) is 14.4 Å². The van der Waals surface area contributed by atoms with Gasteiger partial charge < -0.3 is 30.7 Å². The number of aliphatic hydroxyl groups is 1. The first-order valence-electron chi connectivity index (χ1n) is 14.1. The predicted octanol–water partition coefficient (Wildman–Crippen LogP) is 3.02. The van der Waals surface area contributed by atoms with Gasteiger partial charge in [-0.15, -0.1) is 11.6 Å². The molecule has 44 heavy (non-hydrogen) atoms. The molecule has 0 bridgehead atoms. The van der Waals surface area contributed by atoms with Crippen LogP contribution in [0.4, 0.5) is 4.79 Å². The molecule has 1 aliphatic heterocycles. The van der Waals surface area contributed by atoms with E-state index in [-0.39, 0.29) is 24.1 Å². The smallest absolute Gasteiger partial charge is 0.410 e. The number of carbonyl (C=O) groups excluding carboxylic acids is 3. The van der Waals surface area contributed by atoms with Crippen LogP contribution in [-0.4, -0.2) is 74.7 Å². The van der Waals surface area contributed by atoms with Crippen LogP contribution in [0.3, 0.4) is 0 Å². The maximum absolute atomic E-state index is 13.7. The standard InChI is InChI=1S/C32H33ClN6O5/c1-31(33)25(24-6-3-2-4-7-24)8-5-13-32(31,37-28(41)26-11-9-22(19-35-26)18-34-14-16-40)38-29(42)27-12-10-23(20-36-27)21-39-15-17-44-30(39)43/h2-13,19-20,34,40H,14-18,21H2,1H3,(H,37,41)(H,38,42). The van der Waals surface area contributed by atoms with Crippen molar-refractivity contribution in [1.82, 2.24) is 30.8 Å². The predicted molar refractivity (Wildman–Crippen MR) is 165 cm³/mol. The zero-order valence-corrected chi connectivity index (χ0v) is 24.9. The molecule has 1 aliphatic carbocycles. The number of halogens is 1. The Kier molecular flexibility index (Phi) is 9.38. The van der Waals surface area contributed by atoms with E-state index in [4.69, 9.17) is 21.4 Å². The number of hydrogen-bond donors (Lipinski definition) is 4. The van der Waals surface area contributed by atoms with Gasteiger partial charge in [0.1, 0.15) is 22.9 Å². The Bertz CT molecular complexity index is 1560. The van der Waals surface area contributed by atoms with Crippen molar-refractivity contribution < 1.29 is 24.2 Å². The lowest BCUT2D eigenvalue weighted by Gasteiger charge is -2.46. The number of pyridine rings is 2. The first kappa shape index (κ1) is 30.9. The lowest BCUT2D eigenvalue weighted by molar-refractivity contribution is 0.0817. The number of amides is 3. The van der Waals surface area contributed by atoms with Crippen LogP contribution in [-0.2, 0) is 17.8 Å². The maximum Gasteiger partial charge on any atom is 0.410 e. The van der Waals surface area contributed by atoms with E-state index < -0.39 is 22.4 Å². The Morgan fingerprint density at radius 1 is 1.00 bits per heavy atom. The van der Waals surface area contributed by atoms with Gasteiger partial charge in [0, 0.05) is 25.5 Å². The summed E-state index contributed by atoms with van der Waals surface area (Å²) in [7, 11) is 0. The molecule has 3 aromatic rings. The number of hydrogen-bond acceptors (Lipinski definition) is 8. The molecule has 4 N–H and O–H groups in total. The van der Waals surface area contributed by atoms with E-state index in [1.165, 1.54) is 6.20 Å². The lowest BCUT2D eigenvalue weighted by atomic mass is 9.78. The minimum absolute atomic E-state index is 0.0144. The zero-order valence-electron chi connectivity index (χ0n) is 24.1. The number of alkyl halides is 1. The molecule has 2 unspecified atom stereocenters. The van der Waals surface area contributed by atoms with E-state index in [1.54, 1.807) is 54.4 Å². The van der Waals surface area contributed by atoms with E-state index in [1.807, 2.05) is 36.4 Å². The number of ether oxygens (including phenoxy) is 1. The summed E-state index contributed by atoms with van der Waals surface area (Å²) in [6, 6.07) is 16.1. The highest BCUT2D eigenvalue weighted by Crippen LogP contribution is 2.44. The topological polar surface area (TPSA) is 146 Å². The van der Waals surface area contributed by atoms with Gasteiger partial charge in [-0.3, -0.25) is 19.6 Å². The molecule has 0 radical (unpaired) electrons. The van der Waals surface area contributed by atoms with Gasteiger partial charge in [0.25, 0.3) is 11.8 Å². The number of carbonyl (C=O) groups is 3. The van der Waals surface area contributed by atoms with Crippen molar-refractivity contribution in [3.05, 3.63) is 113 Å². The van der Waals surface area contributed by atoms with Crippen LogP contribution in [0.15, 0.2) is 85.2 Å². The quantitative estimate of drug-likeness (QED) is 0.146. The second-order valence-corrected chi connectivity index (χ2v) is 11.3. The number of aromatic nitrogens is 2. The molecular weight excluding hydrogens is 584 g/mol. The van der Waals surface area contributed by atoms with Gasteiger partial charge in [-0.05, 0) is 47.4 Å². The third-order valence-corrected chi connectivity index (χ3v) is 8.01. The lowest BCUT2D eigenvalue weighted by Crippen LogP contribution is -2.70. The van der Waals surface area contributed by atoms with Crippen LogP contribution < -0.4 is 16.0 Å². The third-order valence-electron chi connectivity index (χ3n) is 7.51. The van der Waals surface area contributed by atoms with Gasteiger partial charge in [0.2, 0.25) is 0 Å². The molecule has 3 heterocycles. The molecule has 1 fully saturated rings. The van der Waals surface area contributed by atoms with Crippen LogP contribution in [0.25, 0.3) is 5.57 Å². The van der Waals surface area contributed by atoms with E-state index >= 15 is 0 Å². The van der Waals surface area contributed by atoms with E-state index in [2.05, 4.69) is 25.9 Å². The molecule has 0 spiro atoms. The number of benzene rings is 1. The fourth-order valence-electron chi connectivity index (χ4n) is 5.05. The van der Waals surface area contributed by atoms with Crippen LogP contribution >= 0.6 is 11.6 Å². The molecule has 2 aliphatic rings. The minimum Gasteiger partial charge on any atom is -0.448 e. The molecule has 1 aromatic carbocycles. The van der Waals surface area contributed by atoms with Crippen molar-refractivity contribution in [3.63, 3.8) is 0 Å². The number of aliphatic hydroxyl groups excluding tert-OH is 1. The minimum atomic E-state index is -1.59. The molecule has 11 nitrogen and oxygen atoms in total. The van der Waals surface area contributed by atoms with Gasteiger partial charge in [-0.2, -0.15) is 0 Å². The Morgan fingerprint density at radius 2 is 1.66 bits per heavy atom. The Labute approximate surface area is 260 Å². The van der Waals surface area contributed by atoms with Crippen LogP contribution in [0.5, 0.6) is 0 Å². The van der Waals surface area contributed by atoms with Gasteiger partial charge in [-0.25, -0.2) is 4.79 Å². The number of cyclic esters (lactones) is 1. The molecule has 1 saturated heterocycles. The number of nitrogens with one attached hydrogen (secondary N) is 3. The first-order chi connectivity index (χ1) is 21.2. The van der Waals surface area contributed by atoms with Crippen molar-refractivity contribution in [2.24, 2.45) is 0 Å². The van der Waals surface area contributed by atoms with Gasteiger partial charge in [0.15, 0.2) is 5.66 Å². The van der Waals surface area contributed by atoms with E-state index in [0.717, 1.165) is 16.7 Å². The average molecular weight is 617 g/mol. The summed E-state index contributed by atoms with van der Waals surface area (Å²) in [6.45, 7) is 3.80. The van der Waals surface area contributed by atoms with Gasteiger partial charge in [0.05, 0.1) is 19.7 Å². The summed E-state index contributed by atoms with van der Waals surface area (Å²) in [4.78, 5) is 48.0. The van der Waals surface area contributed by atoms with Crippen LogP contribution in [0.2, 0.25) is 0 Å². The second-order valence-electron chi connectivity index (χ2n) is 10.6. The van der Waals surface area contributed by atoms with E-state index in [0.29, 0.717) is 38.4 Å². The van der Waals surface area contributed by atoms with Gasteiger partial charge >= 0.3 is 6.09 Å². The summed E-state index contributed by atoms with van der Waals surface area (Å²) >= 11 is 7.32. The summed E-state index contributed by atoms with van der Waals surface area (Å²) in [5.41, 5.74) is 1.71. The Morgan fingerprint density at radius 3 is 2.23 bits per heavy atom. The average Bonchev–Trinajstić information content (AvgIpc) is 3.43. The second kappa shape index (κ2) is 13.4.